The van der Waals surface area contributed by atoms with Gasteiger partial charge in [-0.25, -0.2) is 0 Å². The van der Waals surface area contributed by atoms with E-state index >= 15 is 0 Å². The Labute approximate surface area is 122 Å². The number of hydrogen-bond donors (Lipinski definition) is 0. The molecule has 0 N–H and O–H groups in total. The van der Waals surface area contributed by atoms with E-state index in [9.17, 15) is 0 Å². The van der Waals surface area contributed by atoms with E-state index in [-0.39, 0.29) is 0 Å². The largest absolute Gasteiger partial charge is 0.0622 e. The van der Waals surface area contributed by atoms with Crippen molar-refractivity contribution < 1.29 is 0 Å². The van der Waals surface area contributed by atoms with Gasteiger partial charge in [0.15, 0.2) is 0 Å². The highest BCUT2D eigenvalue weighted by molar-refractivity contribution is 7.55. The molecule has 0 fully saturated rings. The summed E-state index contributed by atoms with van der Waals surface area (Å²) in [7, 11) is 0.728. The average molecular weight is 276 g/mol. The van der Waals surface area contributed by atoms with E-state index in [0.29, 0.717) is 0 Å². The molecule has 1 unspecified atom stereocenters. The second kappa shape index (κ2) is 6.03. The molecule has 0 nitrogen and oxygen atoms in total. The van der Waals surface area contributed by atoms with Crippen LogP contribution in [0.5, 0.6) is 0 Å². The first-order valence-corrected chi connectivity index (χ1v) is 7.81. The van der Waals surface area contributed by atoms with Crippen molar-refractivity contribution in [3.8, 4) is 11.1 Å². The number of rotatable bonds is 3. The molecule has 0 bridgehead atoms. The third-order valence-electron chi connectivity index (χ3n) is 3.40. The number of benzene rings is 3. The topological polar surface area (TPSA) is 0 Å². The summed E-state index contributed by atoms with van der Waals surface area (Å²) < 4.78 is 0. The van der Waals surface area contributed by atoms with Gasteiger partial charge in [0.1, 0.15) is 0 Å². The highest BCUT2D eigenvalue weighted by atomic mass is 31.1. The van der Waals surface area contributed by atoms with E-state index in [1.165, 1.54) is 27.3 Å². The maximum absolute atomic E-state index is 2.24. The lowest BCUT2D eigenvalue weighted by Gasteiger charge is -2.07. The molecule has 0 aliphatic rings. The molecular formula is C19H17P. The number of hydrogen-bond acceptors (Lipinski definition) is 0. The minimum Gasteiger partial charge on any atom is -0.0622 e. The van der Waals surface area contributed by atoms with E-state index in [0.717, 1.165) is 8.58 Å². The molecule has 0 saturated heterocycles. The van der Waals surface area contributed by atoms with Gasteiger partial charge in [-0.1, -0.05) is 87.4 Å². The average Bonchev–Trinajstić information content (AvgIpc) is 2.50. The van der Waals surface area contributed by atoms with Crippen molar-refractivity contribution in [2.24, 2.45) is 0 Å². The minimum absolute atomic E-state index is 0.728. The van der Waals surface area contributed by atoms with Crippen LogP contribution in [-0.2, 0) is 0 Å². The molecule has 0 heterocycles. The van der Waals surface area contributed by atoms with E-state index in [2.05, 4.69) is 85.8 Å². The van der Waals surface area contributed by atoms with Crippen LogP contribution in [0.4, 0.5) is 0 Å². The zero-order valence-corrected chi connectivity index (χ0v) is 12.5. The van der Waals surface area contributed by atoms with Gasteiger partial charge in [-0.3, -0.25) is 0 Å². The van der Waals surface area contributed by atoms with Crippen LogP contribution in [0.15, 0.2) is 78.9 Å². The Morgan fingerprint density at radius 1 is 0.600 bits per heavy atom. The second-order valence-corrected chi connectivity index (χ2v) is 6.29. The third kappa shape index (κ3) is 2.98. The molecule has 3 aromatic carbocycles. The molecule has 0 saturated carbocycles. The van der Waals surface area contributed by atoms with E-state index in [1.54, 1.807) is 0 Å². The summed E-state index contributed by atoms with van der Waals surface area (Å²) in [5.41, 5.74) is 3.94. The fourth-order valence-electron chi connectivity index (χ4n) is 2.32. The lowest BCUT2D eigenvalue weighted by molar-refractivity contribution is 1.46. The summed E-state index contributed by atoms with van der Waals surface area (Å²) in [5.74, 6) is 0. The van der Waals surface area contributed by atoms with Crippen LogP contribution in [-0.4, -0.2) is 0 Å². The van der Waals surface area contributed by atoms with Gasteiger partial charge in [0.2, 0.25) is 0 Å². The Hall–Kier alpha value is -1.91. The van der Waals surface area contributed by atoms with Crippen molar-refractivity contribution >= 4 is 19.2 Å². The van der Waals surface area contributed by atoms with Crippen molar-refractivity contribution in [1.82, 2.24) is 0 Å². The van der Waals surface area contributed by atoms with Crippen LogP contribution >= 0.6 is 8.58 Å². The van der Waals surface area contributed by atoms with E-state index in [4.69, 9.17) is 0 Å². The maximum Gasteiger partial charge on any atom is -0.0155 e. The van der Waals surface area contributed by atoms with Crippen molar-refractivity contribution in [3.05, 3.63) is 84.4 Å². The Morgan fingerprint density at radius 2 is 1.20 bits per heavy atom. The maximum atomic E-state index is 2.24. The quantitative estimate of drug-likeness (QED) is 0.626. The molecule has 3 rings (SSSR count). The standard InChI is InChI=1S/C19H17P/c1-15-7-5-6-10-19(15)16-11-13-18(14-12-16)20-17-8-3-2-4-9-17/h2-14,20H,1H3. The minimum atomic E-state index is 0.728. The molecule has 3 aromatic rings. The number of aryl methyl sites for hydroxylation is 1. The van der Waals surface area contributed by atoms with Gasteiger partial charge < -0.3 is 0 Å². The van der Waals surface area contributed by atoms with Gasteiger partial charge in [0, 0.05) is 0 Å². The summed E-state index contributed by atoms with van der Waals surface area (Å²) in [5, 5.41) is 2.77. The van der Waals surface area contributed by atoms with Gasteiger partial charge in [-0.2, -0.15) is 0 Å². The molecule has 0 aromatic heterocycles. The van der Waals surface area contributed by atoms with Gasteiger partial charge in [0.25, 0.3) is 0 Å². The Kier molecular flexibility index (Phi) is 3.95. The van der Waals surface area contributed by atoms with Crippen molar-refractivity contribution in [2.45, 2.75) is 6.92 Å². The normalized spacial score (nSPS) is 11.1. The molecule has 0 radical (unpaired) electrons. The SMILES string of the molecule is Cc1ccccc1-c1ccc(Pc2ccccc2)cc1. The summed E-state index contributed by atoms with van der Waals surface area (Å²) in [6.45, 7) is 2.16. The fourth-order valence-corrected chi connectivity index (χ4v) is 3.34. The van der Waals surface area contributed by atoms with Crippen molar-refractivity contribution in [1.29, 1.82) is 0 Å². The lowest BCUT2D eigenvalue weighted by Crippen LogP contribution is -2.02. The van der Waals surface area contributed by atoms with Crippen LogP contribution in [0.3, 0.4) is 0 Å². The molecule has 1 heteroatoms. The van der Waals surface area contributed by atoms with Crippen molar-refractivity contribution in [2.75, 3.05) is 0 Å². The van der Waals surface area contributed by atoms with Crippen LogP contribution in [0, 0.1) is 6.92 Å². The zero-order valence-electron chi connectivity index (χ0n) is 11.5. The first kappa shape index (κ1) is 13.1. The van der Waals surface area contributed by atoms with Gasteiger partial charge in [-0.15, -0.1) is 0 Å². The predicted octanol–water partition coefficient (Wildman–Crippen LogP) is 4.29. The van der Waals surface area contributed by atoms with Crippen LogP contribution in [0.25, 0.3) is 11.1 Å². The van der Waals surface area contributed by atoms with Crippen LogP contribution < -0.4 is 10.6 Å². The highest BCUT2D eigenvalue weighted by Crippen LogP contribution is 2.23. The third-order valence-corrected chi connectivity index (χ3v) is 4.65. The zero-order chi connectivity index (χ0) is 13.8. The first-order valence-electron chi connectivity index (χ1n) is 6.81. The predicted molar refractivity (Wildman–Crippen MR) is 90.6 cm³/mol. The molecule has 0 aliphatic heterocycles. The van der Waals surface area contributed by atoms with Crippen LogP contribution in [0.1, 0.15) is 5.56 Å². The fraction of sp³-hybridized carbons (Fsp3) is 0.0526. The molecule has 0 spiro atoms. The highest BCUT2D eigenvalue weighted by Gasteiger charge is 2.01. The van der Waals surface area contributed by atoms with Gasteiger partial charge in [0.05, 0.1) is 0 Å². The summed E-state index contributed by atoms with van der Waals surface area (Å²) in [6.07, 6.45) is 0. The monoisotopic (exact) mass is 276 g/mol. The molecular weight excluding hydrogens is 259 g/mol. The van der Waals surface area contributed by atoms with E-state index < -0.39 is 0 Å². The Balaban J connectivity index is 1.83. The van der Waals surface area contributed by atoms with Crippen molar-refractivity contribution in [3.63, 3.8) is 0 Å². The smallest absolute Gasteiger partial charge is 0.0155 e. The molecule has 0 aliphatic carbocycles. The molecule has 0 amide bonds. The summed E-state index contributed by atoms with van der Waals surface area (Å²) >= 11 is 0. The molecule has 1 atom stereocenters. The first-order chi connectivity index (χ1) is 9.83. The van der Waals surface area contributed by atoms with Gasteiger partial charge >= 0.3 is 0 Å². The van der Waals surface area contributed by atoms with Gasteiger partial charge in [-0.05, 0) is 34.2 Å². The second-order valence-electron chi connectivity index (χ2n) is 4.88. The van der Waals surface area contributed by atoms with Crippen LogP contribution in [0.2, 0.25) is 0 Å². The summed E-state index contributed by atoms with van der Waals surface area (Å²) in [4.78, 5) is 0. The summed E-state index contributed by atoms with van der Waals surface area (Å²) in [6, 6.07) is 28.1. The Morgan fingerprint density at radius 3 is 1.90 bits per heavy atom. The Bertz CT molecular complexity index is 684. The van der Waals surface area contributed by atoms with E-state index in [1.807, 2.05) is 0 Å². The molecule has 20 heavy (non-hydrogen) atoms. The molecule has 98 valence electrons. The lowest BCUT2D eigenvalue weighted by atomic mass is 10.0.